The SMILES string of the molecule is CNCCC1CCN(c2ccnc3ccc(OC)nc23)CC1. The molecule has 2 aromatic heterocycles. The van der Waals surface area contributed by atoms with Gasteiger partial charge in [-0.3, -0.25) is 4.98 Å². The van der Waals surface area contributed by atoms with Crippen LogP contribution in [0.25, 0.3) is 11.0 Å². The Morgan fingerprint density at radius 1 is 1.27 bits per heavy atom. The molecule has 0 bridgehead atoms. The predicted molar refractivity (Wildman–Crippen MR) is 89.6 cm³/mol. The minimum Gasteiger partial charge on any atom is -0.481 e. The zero-order valence-electron chi connectivity index (χ0n) is 13.4. The van der Waals surface area contributed by atoms with Crippen molar-refractivity contribution in [3.05, 3.63) is 24.4 Å². The summed E-state index contributed by atoms with van der Waals surface area (Å²) in [5, 5.41) is 3.25. The monoisotopic (exact) mass is 300 g/mol. The van der Waals surface area contributed by atoms with Crippen LogP contribution in [0.2, 0.25) is 0 Å². The van der Waals surface area contributed by atoms with E-state index in [0.717, 1.165) is 36.6 Å². The van der Waals surface area contributed by atoms with Crippen molar-refractivity contribution in [1.82, 2.24) is 15.3 Å². The summed E-state index contributed by atoms with van der Waals surface area (Å²) in [5.41, 5.74) is 3.04. The van der Waals surface area contributed by atoms with E-state index in [4.69, 9.17) is 4.74 Å². The van der Waals surface area contributed by atoms with Crippen molar-refractivity contribution in [2.45, 2.75) is 19.3 Å². The summed E-state index contributed by atoms with van der Waals surface area (Å²) in [6.45, 7) is 3.29. The number of nitrogens with one attached hydrogen (secondary N) is 1. The first-order valence-corrected chi connectivity index (χ1v) is 8.01. The molecule has 1 fully saturated rings. The van der Waals surface area contributed by atoms with Gasteiger partial charge in [0, 0.05) is 25.4 Å². The molecular weight excluding hydrogens is 276 g/mol. The van der Waals surface area contributed by atoms with Gasteiger partial charge in [-0.25, -0.2) is 4.98 Å². The fourth-order valence-electron chi connectivity index (χ4n) is 3.17. The van der Waals surface area contributed by atoms with Crippen molar-refractivity contribution < 1.29 is 4.74 Å². The van der Waals surface area contributed by atoms with E-state index in [-0.39, 0.29) is 0 Å². The zero-order chi connectivity index (χ0) is 15.4. The van der Waals surface area contributed by atoms with Crippen LogP contribution in [0.3, 0.4) is 0 Å². The highest BCUT2D eigenvalue weighted by Gasteiger charge is 2.21. The highest BCUT2D eigenvalue weighted by molar-refractivity contribution is 5.88. The molecule has 1 aliphatic heterocycles. The topological polar surface area (TPSA) is 50.3 Å². The average Bonchev–Trinajstić information content (AvgIpc) is 2.59. The first kappa shape index (κ1) is 15.0. The molecule has 0 aromatic carbocycles. The van der Waals surface area contributed by atoms with Crippen molar-refractivity contribution in [1.29, 1.82) is 0 Å². The fourth-order valence-corrected chi connectivity index (χ4v) is 3.17. The first-order valence-electron chi connectivity index (χ1n) is 8.01. The van der Waals surface area contributed by atoms with Crippen LogP contribution in [0.1, 0.15) is 19.3 Å². The Labute approximate surface area is 131 Å². The molecule has 5 nitrogen and oxygen atoms in total. The largest absolute Gasteiger partial charge is 0.481 e. The van der Waals surface area contributed by atoms with Crippen molar-refractivity contribution >= 4 is 16.7 Å². The van der Waals surface area contributed by atoms with Gasteiger partial charge in [-0.15, -0.1) is 0 Å². The first-order chi connectivity index (χ1) is 10.8. The molecule has 118 valence electrons. The highest BCUT2D eigenvalue weighted by Crippen LogP contribution is 2.30. The highest BCUT2D eigenvalue weighted by atomic mass is 16.5. The van der Waals surface area contributed by atoms with Gasteiger partial charge in [0.25, 0.3) is 0 Å². The summed E-state index contributed by atoms with van der Waals surface area (Å²) < 4.78 is 5.26. The quantitative estimate of drug-likeness (QED) is 0.919. The predicted octanol–water partition coefficient (Wildman–Crippen LogP) is 2.46. The maximum atomic E-state index is 5.26. The maximum Gasteiger partial charge on any atom is 0.213 e. The number of methoxy groups -OCH3 is 1. The Bertz CT molecular complexity index is 623. The van der Waals surface area contributed by atoms with Gasteiger partial charge in [0.2, 0.25) is 5.88 Å². The number of fused-ring (bicyclic) bond motifs is 1. The van der Waals surface area contributed by atoms with Crippen LogP contribution in [0.5, 0.6) is 5.88 Å². The average molecular weight is 300 g/mol. The minimum atomic E-state index is 0.644. The molecule has 22 heavy (non-hydrogen) atoms. The third-order valence-corrected chi connectivity index (χ3v) is 4.50. The molecule has 3 rings (SSSR count). The minimum absolute atomic E-state index is 0.644. The van der Waals surface area contributed by atoms with E-state index in [9.17, 15) is 0 Å². The zero-order valence-corrected chi connectivity index (χ0v) is 13.4. The van der Waals surface area contributed by atoms with Crippen LogP contribution in [0.4, 0.5) is 5.69 Å². The maximum absolute atomic E-state index is 5.26. The van der Waals surface area contributed by atoms with Gasteiger partial charge in [0.1, 0.15) is 5.52 Å². The lowest BCUT2D eigenvalue weighted by molar-refractivity contribution is 0.378. The lowest BCUT2D eigenvalue weighted by Crippen LogP contribution is -2.34. The van der Waals surface area contributed by atoms with E-state index in [1.54, 1.807) is 7.11 Å². The van der Waals surface area contributed by atoms with Gasteiger partial charge in [0.15, 0.2) is 0 Å². The number of piperidine rings is 1. The molecular formula is C17H24N4O. The molecule has 1 N–H and O–H groups in total. The second-order valence-corrected chi connectivity index (χ2v) is 5.87. The number of anilines is 1. The Morgan fingerprint density at radius 2 is 2.09 bits per heavy atom. The van der Waals surface area contributed by atoms with Crippen molar-refractivity contribution in [2.75, 3.05) is 38.7 Å². The van der Waals surface area contributed by atoms with Gasteiger partial charge in [-0.2, -0.15) is 0 Å². The summed E-state index contributed by atoms with van der Waals surface area (Å²) in [5.74, 6) is 1.48. The number of nitrogens with zero attached hydrogens (tertiary/aromatic N) is 3. The fraction of sp³-hybridized carbons (Fsp3) is 0.529. The molecule has 0 amide bonds. The lowest BCUT2D eigenvalue weighted by Gasteiger charge is -2.34. The normalized spacial score (nSPS) is 16.2. The number of ether oxygens (including phenoxy) is 1. The molecule has 1 aliphatic rings. The van der Waals surface area contributed by atoms with Crippen LogP contribution in [-0.2, 0) is 0 Å². The van der Waals surface area contributed by atoms with Crippen LogP contribution >= 0.6 is 0 Å². The molecule has 3 heterocycles. The molecule has 2 aromatic rings. The van der Waals surface area contributed by atoms with Crippen LogP contribution in [-0.4, -0.2) is 43.8 Å². The standard InChI is InChI=1S/C17H24N4O/c1-18-9-5-13-7-11-21(12-8-13)15-6-10-19-14-3-4-16(22-2)20-17(14)15/h3-4,6,10,13,18H,5,7-9,11-12H2,1-2H3. The molecule has 0 spiro atoms. The third-order valence-electron chi connectivity index (χ3n) is 4.50. The van der Waals surface area contributed by atoms with E-state index < -0.39 is 0 Å². The van der Waals surface area contributed by atoms with Crippen LogP contribution in [0.15, 0.2) is 24.4 Å². The molecule has 0 atom stereocenters. The van der Waals surface area contributed by atoms with E-state index >= 15 is 0 Å². The molecule has 0 saturated carbocycles. The Morgan fingerprint density at radius 3 is 2.82 bits per heavy atom. The van der Waals surface area contributed by atoms with E-state index in [1.807, 2.05) is 25.4 Å². The Hall–Kier alpha value is -1.88. The molecule has 0 unspecified atom stereocenters. The van der Waals surface area contributed by atoms with Gasteiger partial charge in [-0.05, 0) is 50.9 Å². The Kier molecular flexibility index (Phi) is 4.73. The van der Waals surface area contributed by atoms with E-state index in [0.29, 0.717) is 5.88 Å². The summed E-state index contributed by atoms with van der Waals surface area (Å²) in [6.07, 6.45) is 5.64. The van der Waals surface area contributed by atoms with Gasteiger partial charge >= 0.3 is 0 Å². The smallest absolute Gasteiger partial charge is 0.213 e. The second-order valence-electron chi connectivity index (χ2n) is 5.87. The Balaban J connectivity index is 1.79. The third kappa shape index (κ3) is 3.14. The number of aromatic nitrogens is 2. The number of rotatable bonds is 5. The van der Waals surface area contributed by atoms with E-state index in [1.165, 1.54) is 24.9 Å². The summed E-state index contributed by atoms with van der Waals surface area (Å²) in [6, 6.07) is 5.91. The molecule has 0 aliphatic carbocycles. The number of hydrogen-bond acceptors (Lipinski definition) is 5. The van der Waals surface area contributed by atoms with Crippen molar-refractivity contribution in [3.63, 3.8) is 0 Å². The van der Waals surface area contributed by atoms with Gasteiger partial charge in [0.05, 0.1) is 18.3 Å². The van der Waals surface area contributed by atoms with Crippen molar-refractivity contribution in [2.24, 2.45) is 5.92 Å². The van der Waals surface area contributed by atoms with Gasteiger partial charge in [-0.1, -0.05) is 0 Å². The number of hydrogen-bond donors (Lipinski definition) is 1. The summed E-state index contributed by atoms with van der Waals surface area (Å²) >= 11 is 0. The summed E-state index contributed by atoms with van der Waals surface area (Å²) in [4.78, 5) is 11.5. The lowest BCUT2D eigenvalue weighted by atomic mass is 9.93. The van der Waals surface area contributed by atoms with Crippen LogP contribution in [0, 0.1) is 5.92 Å². The van der Waals surface area contributed by atoms with Crippen LogP contribution < -0.4 is 15.0 Å². The summed E-state index contributed by atoms with van der Waals surface area (Å²) in [7, 11) is 3.68. The molecule has 0 radical (unpaired) electrons. The molecule has 1 saturated heterocycles. The molecule has 5 heteroatoms. The second kappa shape index (κ2) is 6.92. The van der Waals surface area contributed by atoms with Gasteiger partial charge < -0.3 is 15.0 Å². The van der Waals surface area contributed by atoms with Crippen molar-refractivity contribution in [3.8, 4) is 5.88 Å². The number of pyridine rings is 2. The van der Waals surface area contributed by atoms with E-state index in [2.05, 4.69) is 26.3 Å².